The van der Waals surface area contributed by atoms with Crippen LogP contribution in [0.5, 0.6) is 0 Å². The molecule has 11 heteroatoms. The van der Waals surface area contributed by atoms with Crippen molar-refractivity contribution in [3.63, 3.8) is 0 Å². The monoisotopic (exact) mass is 625 g/mol. The van der Waals surface area contributed by atoms with Crippen molar-refractivity contribution in [1.82, 2.24) is 9.55 Å². The minimum absolute atomic E-state index is 0.0829. The third-order valence-electron chi connectivity index (χ3n) is 8.76. The molecule has 10 nitrogen and oxygen atoms in total. The van der Waals surface area contributed by atoms with E-state index in [4.69, 9.17) is 10.7 Å². The molecule has 1 aromatic heterocycles. The van der Waals surface area contributed by atoms with Gasteiger partial charge in [0.2, 0.25) is 5.91 Å². The maximum absolute atomic E-state index is 13.3. The number of carbonyl (C=O) groups excluding carboxylic acids is 1. The van der Waals surface area contributed by atoms with Crippen molar-refractivity contribution in [2.75, 3.05) is 34.8 Å². The highest BCUT2D eigenvalue weighted by atomic mass is 32.2. The molecule has 1 aliphatic heterocycles. The van der Waals surface area contributed by atoms with E-state index in [2.05, 4.69) is 10.2 Å². The maximum Gasteiger partial charge on any atom is 0.336 e. The van der Waals surface area contributed by atoms with Gasteiger partial charge in [-0.25, -0.2) is 9.78 Å². The van der Waals surface area contributed by atoms with Gasteiger partial charge in [0.05, 0.1) is 11.3 Å². The predicted octanol–water partition coefficient (Wildman–Crippen LogP) is 4.41. The Balaban J connectivity index is 1.47. The number of carboxylic acid groups (broad SMARTS) is 1. The number of benzene rings is 3. The molecular weight excluding hydrogens is 590 g/mol. The highest BCUT2D eigenvalue weighted by Gasteiger charge is 2.26. The average molecular weight is 626 g/mol. The third-order valence-corrected chi connectivity index (χ3v) is 10.0. The zero-order chi connectivity index (χ0) is 31.8. The van der Waals surface area contributed by atoms with E-state index in [-0.39, 0.29) is 22.5 Å². The lowest BCUT2D eigenvalue weighted by Crippen LogP contribution is -2.37. The summed E-state index contributed by atoms with van der Waals surface area (Å²) in [7, 11) is 0.859. The molecule has 1 saturated heterocycles. The fourth-order valence-electron chi connectivity index (χ4n) is 6.43. The van der Waals surface area contributed by atoms with E-state index in [0.29, 0.717) is 45.1 Å². The van der Waals surface area contributed by atoms with Crippen LogP contribution >= 0.6 is 0 Å². The van der Waals surface area contributed by atoms with Gasteiger partial charge in [0, 0.05) is 76.7 Å². The first kappa shape index (κ1) is 30.3. The second-order valence-corrected chi connectivity index (χ2v) is 13.3. The summed E-state index contributed by atoms with van der Waals surface area (Å²) in [5.41, 5.74) is 12.4. The molecule has 45 heavy (non-hydrogen) atoms. The number of primary amides is 1. The summed E-state index contributed by atoms with van der Waals surface area (Å²) in [5, 5.41) is 13.4. The molecule has 0 atom stereocenters. The van der Waals surface area contributed by atoms with E-state index in [9.17, 15) is 23.7 Å². The van der Waals surface area contributed by atoms with Crippen LogP contribution in [0, 0.1) is 6.92 Å². The normalized spacial score (nSPS) is 15.0. The number of amides is 1. The highest BCUT2D eigenvalue weighted by Crippen LogP contribution is 2.42. The van der Waals surface area contributed by atoms with Gasteiger partial charge in [-0.3, -0.25) is 13.8 Å². The van der Waals surface area contributed by atoms with Gasteiger partial charge in [0.1, 0.15) is 0 Å². The third kappa shape index (κ3) is 5.87. The number of rotatable bonds is 7. The Labute approximate surface area is 263 Å². The number of nitrogens with one attached hydrogen (secondary N) is 1. The van der Waals surface area contributed by atoms with Crippen LogP contribution in [0.2, 0.25) is 0 Å². The van der Waals surface area contributed by atoms with Crippen molar-refractivity contribution in [3.8, 4) is 22.4 Å². The molecule has 0 spiro atoms. The molecule has 0 radical (unpaired) electrons. The quantitative estimate of drug-likeness (QED) is 0.274. The summed E-state index contributed by atoms with van der Waals surface area (Å²) in [6.45, 7) is 3.22. The van der Waals surface area contributed by atoms with Crippen molar-refractivity contribution in [1.29, 1.82) is 0 Å². The summed E-state index contributed by atoms with van der Waals surface area (Å²) in [4.78, 5) is 45.2. The number of hydrogen-bond acceptors (Lipinski definition) is 7. The molecule has 6 rings (SSSR count). The van der Waals surface area contributed by atoms with E-state index in [0.717, 1.165) is 55.6 Å². The molecule has 0 saturated carbocycles. The van der Waals surface area contributed by atoms with Crippen LogP contribution in [-0.4, -0.2) is 55.3 Å². The van der Waals surface area contributed by atoms with Gasteiger partial charge in [-0.1, -0.05) is 12.1 Å². The predicted molar refractivity (Wildman–Crippen MR) is 177 cm³/mol. The van der Waals surface area contributed by atoms with E-state index in [1.165, 1.54) is 4.57 Å². The molecule has 4 aromatic rings. The van der Waals surface area contributed by atoms with Crippen LogP contribution in [0.1, 0.15) is 50.2 Å². The fraction of sp³-hybridized carbons (Fsp3) is 0.294. The molecule has 2 aliphatic rings. The molecule has 0 bridgehead atoms. The van der Waals surface area contributed by atoms with E-state index in [1.54, 1.807) is 38.4 Å². The zero-order valence-corrected chi connectivity index (χ0v) is 26.1. The number of carboxylic acids is 1. The molecule has 232 valence electrons. The molecular formula is C34H35N5O5S. The van der Waals surface area contributed by atoms with E-state index < -0.39 is 22.7 Å². The number of carbonyl (C=O) groups is 2. The van der Waals surface area contributed by atoms with Gasteiger partial charge >= 0.3 is 5.97 Å². The molecule has 1 amide bonds. The van der Waals surface area contributed by atoms with Gasteiger partial charge in [0.25, 0.3) is 5.56 Å². The van der Waals surface area contributed by atoms with E-state index in [1.807, 2.05) is 30.3 Å². The second kappa shape index (κ2) is 12.3. The van der Waals surface area contributed by atoms with Crippen LogP contribution in [0.3, 0.4) is 0 Å². The van der Waals surface area contributed by atoms with Crippen LogP contribution in [-0.2, 0) is 30.7 Å². The number of fused-ring (bicyclic) bond motifs is 1. The lowest BCUT2D eigenvalue weighted by molar-refractivity contribution is 0.0697. The summed E-state index contributed by atoms with van der Waals surface area (Å²) >= 11 is 0. The van der Waals surface area contributed by atoms with Crippen LogP contribution in [0.15, 0.2) is 59.5 Å². The van der Waals surface area contributed by atoms with Crippen molar-refractivity contribution >= 4 is 39.9 Å². The second-order valence-electron chi connectivity index (χ2n) is 11.6. The minimum atomic E-state index is -1.04. The van der Waals surface area contributed by atoms with Crippen LogP contribution in [0.4, 0.5) is 17.2 Å². The Bertz CT molecular complexity index is 1910. The van der Waals surface area contributed by atoms with Crippen molar-refractivity contribution in [3.05, 3.63) is 92.9 Å². The average Bonchev–Trinajstić information content (AvgIpc) is 3.03. The van der Waals surface area contributed by atoms with Crippen molar-refractivity contribution < 1.29 is 18.9 Å². The Kier molecular flexibility index (Phi) is 8.28. The number of aryl methyl sites for hydroxylation is 2. The van der Waals surface area contributed by atoms with Gasteiger partial charge in [0.15, 0.2) is 5.82 Å². The van der Waals surface area contributed by atoms with Gasteiger partial charge in [-0.2, -0.15) is 0 Å². The molecule has 4 N–H and O–H groups in total. The molecule has 0 unspecified atom stereocenters. The van der Waals surface area contributed by atoms with E-state index >= 15 is 0 Å². The Hall–Kier alpha value is -4.77. The summed E-state index contributed by atoms with van der Waals surface area (Å²) in [5.74, 6) is -0.287. The number of aromatic carboxylic acids is 1. The number of hydrogen-bond donors (Lipinski definition) is 3. The first-order valence-electron chi connectivity index (χ1n) is 15.0. The molecule has 2 heterocycles. The topological polar surface area (TPSA) is 148 Å². The largest absolute Gasteiger partial charge is 0.478 e. The Morgan fingerprint density at radius 3 is 2.33 bits per heavy atom. The number of nitrogens with two attached hydrogens (primary N) is 1. The first-order valence-corrected chi connectivity index (χ1v) is 16.5. The van der Waals surface area contributed by atoms with Crippen molar-refractivity contribution in [2.24, 2.45) is 12.8 Å². The van der Waals surface area contributed by atoms with Crippen LogP contribution < -0.4 is 21.5 Å². The lowest BCUT2D eigenvalue weighted by atomic mass is 9.80. The number of anilines is 3. The number of nitrogens with zero attached hydrogens (tertiary/aromatic N) is 3. The summed E-state index contributed by atoms with van der Waals surface area (Å²) in [6, 6.07) is 14.6. The van der Waals surface area contributed by atoms with Crippen molar-refractivity contribution in [2.45, 2.75) is 32.6 Å². The highest BCUT2D eigenvalue weighted by molar-refractivity contribution is 7.85. The summed E-state index contributed by atoms with van der Waals surface area (Å²) in [6.07, 6.45) is 5.17. The standard InChI is InChI=1S/C34H35N5O5S/c1-20-24(31(35)40)13-14-26(30-25-6-4-3-5-21(25)7-12-27(30)34(42)43)29(20)28-19-38(2)33(41)32(37-28)36-22-8-10-23(11-9-22)39-15-17-45(44)18-16-39/h7-14,19H,3-6,15-18H2,1-2H3,(H2,35,40)(H,36,37)(H,42,43). The van der Waals surface area contributed by atoms with Crippen LogP contribution in [0.25, 0.3) is 22.4 Å². The smallest absolute Gasteiger partial charge is 0.336 e. The zero-order valence-electron chi connectivity index (χ0n) is 25.3. The minimum Gasteiger partial charge on any atom is -0.478 e. The van der Waals surface area contributed by atoms with Gasteiger partial charge in [-0.15, -0.1) is 0 Å². The summed E-state index contributed by atoms with van der Waals surface area (Å²) < 4.78 is 13.2. The van der Waals surface area contributed by atoms with Gasteiger partial charge < -0.3 is 25.6 Å². The van der Waals surface area contributed by atoms with Gasteiger partial charge in [-0.05, 0) is 91.3 Å². The first-order chi connectivity index (χ1) is 21.6. The molecule has 1 fully saturated rings. The Morgan fingerprint density at radius 1 is 0.956 bits per heavy atom. The maximum atomic E-state index is 13.3. The lowest BCUT2D eigenvalue weighted by Gasteiger charge is -2.28. The Morgan fingerprint density at radius 2 is 1.64 bits per heavy atom. The molecule has 1 aliphatic carbocycles. The SMILES string of the molecule is Cc1c(C(N)=O)ccc(-c2c(C(=O)O)ccc3c2CCCC3)c1-c1cn(C)c(=O)c(Nc2ccc(N3CCS(=O)CC3)cc2)n1. The number of aromatic nitrogens is 2. The fourth-order valence-corrected chi connectivity index (χ4v) is 7.48. The molecule has 3 aromatic carbocycles.